The molecule has 5 nitrogen and oxygen atoms in total. The molecule has 0 spiro atoms. The van der Waals surface area contributed by atoms with Crippen molar-refractivity contribution in [2.24, 2.45) is 10.7 Å². The SMILES string of the molecule is NC(=CC(=Nc1ccccc1Cl)c1ccc(C(=O)OCCc2ccccn2)cc1)C(F)(F)F. The summed E-state index contributed by atoms with van der Waals surface area (Å²) in [6.45, 7) is 0.141. The molecule has 9 heteroatoms. The van der Waals surface area contributed by atoms with Crippen molar-refractivity contribution in [3.8, 4) is 0 Å². The summed E-state index contributed by atoms with van der Waals surface area (Å²) in [4.78, 5) is 20.7. The molecule has 0 atom stereocenters. The van der Waals surface area contributed by atoms with E-state index in [9.17, 15) is 18.0 Å². The smallest absolute Gasteiger partial charge is 0.430 e. The summed E-state index contributed by atoms with van der Waals surface area (Å²) in [5.41, 5.74) is 5.45. The highest BCUT2D eigenvalue weighted by Crippen LogP contribution is 2.27. The molecule has 1 aromatic heterocycles. The number of aromatic nitrogens is 1. The van der Waals surface area contributed by atoms with Crippen molar-refractivity contribution in [2.45, 2.75) is 12.6 Å². The fourth-order valence-corrected chi connectivity index (χ4v) is 2.91. The second kappa shape index (κ2) is 10.8. The van der Waals surface area contributed by atoms with E-state index in [0.717, 1.165) is 11.8 Å². The van der Waals surface area contributed by atoms with E-state index in [1.807, 2.05) is 12.1 Å². The third kappa shape index (κ3) is 6.92. The molecule has 0 aliphatic carbocycles. The molecule has 0 fully saturated rings. The standard InChI is InChI=1S/C24H19ClF3N3O2/c25-19-6-1-2-7-20(19)31-21(15-22(29)24(26,27)28)16-8-10-17(11-9-16)23(32)33-14-12-18-5-3-4-13-30-18/h1-11,13,15H,12,14,29H2. The highest BCUT2D eigenvalue weighted by Gasteiger charge is 2.31. The van der Waals surface area contributed by atoms with Crippen LogP contribution in [0.3, 0.4) is 0 Å². The van der Waals surface area contributed by atoms with Crippen LogP contribution in [0.25, 0.3) is 0 Å². The van der Waals surface area contributed by atoms with Crippen molar-refractivity contribution in [3.05, 3.63) is 107 Å². The lowest BCUT2D eigenvalue weighted by molar-refractivity contribution is -0.0925. The normalized spacial score (nSPS) is 12.5. The molecule has 0 bridgehead atoms. The highest BCUT2D eigenvalue weighted by atomic mass is 35.5. The first kappa shape index (κ1) is 24.0. The monoisotopic (exact) mass is 473 g/mol. The summed E-state index contributed by atoms with van der Waals surface area (Å²) in [7, 11) is 0. The minimum atomic E-state index is -4.72. The Kier molecular flexibility index (Phi) is 7.84. The zero-order valence-electron chi connectivity index (χ0n) is 17.2. The van der Waals surface area contributed by atoms with Crippen LogP contribution in [0.1, 0.15) is 21.6 Å². The number of esters is 1. The van der Waals surface area contributed by atoms with Gasteiger partial charge in [0.2, 0.25) is 0 Å². The summed E-state index contributed by atoms with van der Waals surface area (Å²) in [6, 6.07) is 17.7. The number of ether oxygens (including phenoxy) is 1. The maximum Gasteiger partial charge on any atom is 0.430 e. The Balaban J connectivity index is 1.80. The van der Waals surface area contributed by atoms with E-state index in [4.69, 9.17) is 22.1 Å². The number of para-hydroxylation sites is 1. The Bertz CT molecular complexity index is 1160. The molecule has 3 aromatic rings. The van der Waals surface area contributed by atoms with E-state index in [2.05, 4.69) is 9.98 Å². The van der Waals surface area contributed by atoms with Gasteiger partial charge >= 0.3 is 12.1 Å². The quantitative estimate of drug-likeness (QED) is 0.355. The number of carbonyl (C=O) groups excluding carboxylic acids is 1. The number of halogens is 4. The molecular weight excluding hydrogens is 455 g/mol. The number of pyridine rings is 1. The topological polar surface area (TPSA) is 77.6 Å². The Morgan fingerprint density at radius 1 is 1.03 bits per heavy atom. The van der Waals surface area contributed by atoms with Crippen LogP contribution < -0.4 is 5.73 Å². The van der Waals surface area contributed by atoms with Gasteiger partial charge in [0, 0.05) is 23.9 Å². The number of nitrogens with zero attached hydrogens (tertiary/aromatic N) is 2. The first-order chi connectivity index (χ1) is 15.7. The van der Waals surface area contributed by atoms with Crippen molar-refractivity contribution in [2.75, 3.05) is 6.61 Å². The number of allylic oxidation sites excluding steroid dienone is 2. The van der Waals surface area contributed by atoms with Gasteiger partial charge in [-0.05, 0) is 42.5 Å². The van der Waals surface area contributed by atoms with Gasteiger partial charge in [0.25, 0.3) is 0 Å². The second-order valence-corrected chi connectivity index (χ2v) is 7.24. The molecule has 0 saturated carbocycles. The minimum absolute atomic E-state index is 0.0620. The van der Waals surface area contributed by atoms with Crippen LogP contribution in [0.2, 0.25) is 5.02 Å². The fraction of sp³-hybridized carbons (Fsp3) is 0.125. The van der Waals surface area contributed by atoms with Crippen LogP contribution in [0, 0.1) is 0 Å². The number of hydrogen-bond acceptors (Lipinski definition) is 5. The van der Waals surface area contributed by atoms with E-state index < -0.39 is 17.8 Å². The molecule has 33 heavy (non-hydrogen) atoms. The number of hydrogen-bond donors (Lipinski definition) is 1. The predicted octanol–water partition coefficient (Wildman–Crippen LogP) is 5.66. The molecule has 0 aliphatic heterocycles. The molecule has 2 aromatic carbocycles. The maximum absolute atomic E-state index is 13.0. The molecular formula is C24H19ClF3N3O2. The van der Waals surface area contributed by atoms with Gasteiger partial charge in [0.1, 0.15) is 5.70 Å². The number of benzene rings is 2. The van der Waals surface area contributed by atoms with Gasteiger partial charge < -0.3 is 10.5 Å². The van der Waals surface area contributed by atoms with Crippen molar-refractivity contribution in [3.63, 3.8) is 0 Å². The third-order valence-corrected chi connectivity index (χ3v) is 4.77. The lowest BCUT2D eigenvalue weighted by atomic mass is 10.1. The van der Waals surface area contributed by atoms with Crippen LogP contribution in [0.5, 0.6) is 0 Å². The average molecular weight is 474 g/mol. The predicted molar refractivity (Wildman–Crippen MR) is 121 cm³/mol. The van der Waals surface area contributed by atoms with Gasteiger partial charge in [-0.2, -0.15) is 13.2 Å². The molecule has 170 valence electrons. The van der Waals surface area contributed by atoms with Crippen LogP contribution >= 0.6 is 11.6 Å². The van der Waals surface area contributed by atoms with Crippen LogP contribution in [-0.2, 0) is 11.2 Å². The number of alkyl halides is 3. The van der Waals surface area contributed by atoms with Crippen LogP contribution in [0.4, 0.5) is 18.9 Å². The number of carbonyl (C=O) groups is 1. The Morgan fingerprint density at radius 2 is 1.70 bits per heavy atom. The third-order valence-electron chi connectivity index (χ3n) is 4.45. The van der Waals surface area contributed by atoms with E-state index in [1.165, 1.54) is 24.3 Å². The zero-order chi connectivity index (χ0) is 23.8. The summed E-state index contributed by atoms with van der Waals surface area (Å²) in [5.74, 6) is -0.563. The van der Waals surface area contributed by atoms with Gasteiger partial charge in [-0.15, -0.1) is 0 Å². The second-order valence-electron chi connectivity index (χ2n) is 6.83. The first-order valence-electron chi connectivity index (χ1n) is 9.79. The molecule has 0 radical (unpaired) electrons. The lowest BCUT2D eigenvalue weighted by Gasteiger charge is -2.10. The summed E-state index contributed by atoms with van der Waals surface area (Å²) in [5, 5.41) is 0.266. The molecule has 1 heterocycles. The lowest BCUT2D eigenvalue weighted by Crippen LogP contribution is -2.21. The number of nitrogens with two attached hydrogens (primary N) is 1. The Labute approximate surface area is 193 Å². The van der Waals surface area contributed by atoms with Crippen LogP contribution in [-0.4, -0.2) is 29.4 Å². The summed E-state index contributed by atoms with van der Waals surface area (Å²) >= 11 is 6.09. The van der Waals surface area contributed by atoms with Gasteiger partial charge in [-0.3, -0.25) is 4.98 Å². The number of aliphatic imine (C=N–C) groups is 1. The highest BCUT2D eigenvalue weighted by molar-refractivity contribution is 6.33. The fourth-order valence-electron chi connectivity index (χ4n) is 2.74. The average Bonchev–Trinajstić information content (AvgIpc) is 2.80. The van der Waals surface area contributed by atoms with E-state index in [0.29, 0.717) is 12.0 Å². The van der Waals surface area contributed by atoms with E-state index in [-0.39, 0.29) is 28.6 Å². The maximum atomic E-state index is 13.0. The van der Waals surface area contributed by atoms with Crippen molar-refractivity contribution in [1.82, 2.24) is 4.98 Å². The van der Waals surface area contributed by atoms with Crippen molar-refractivity contribution in [1.29, 1.82) is 0 Å². The Morgan fingerprint density at radius 3 is 2.33 bits per heavy atom. The van der Waals surface area contributed by atoms with Crippen molar-refractivity contribution < 1.29 is 22.7 Å². The van der Waals surface area contributed by atoms with E-state index >= 15 is 0 Å². The largest absolute Gasteiger partial charge is 0.462 e. The van der Waals surface area contributed by atoms with Gasteiger partial charge in [0.05, 0.1) is 28.6 Å². The van der Waals surface area contributed by atoms with Gasteiger partial charge in [-0.25, -0.2) is 9.79 Å². The summed E-state index contributed by atoms with van der Waals surface area (Å²) < 4.78 is 44.3. The molecule has 2 N–H and O–H groups in total. The molecule has 0 aliphatic rings. The van der Waals surface area contributed by atoms with E-state index in [1.54, 1.807) is 36.5 Å². The minimum Gasteiger partial charge on any atom is -0.462 e. The number of rotatable bonds is 7. The van der Waals surface area contributed by atoms with Gasteiger partial charge in [-0.1, -0.05) is 41.9 Å². The molecule has 0 amide bonds. The van der Waals surface area contributed by atoms with Crippen LogP contribution in [0.15, 0.2) is 89.7 Å². The van der Waals surface area contributed by atoms with Gasteiger partial charge in [0.15, 0.2) is 0 Å². The first-order valence-corrected chi connectivity index (χ1v) is 10.2. The van der Waals surface area contributed by atoms with Crippen molar-refractivity contribution >= 4 is 29.0 Å². The molecule has 3 rings (SSSR count). The Hall–Kier alpha value is -3.65. The summed E-state index contributed by atoms with van der Waals surface area (Å²) in [6.07, 6.45) is -1.89. The molecule has 0 saturated heterocycles. The zero-order valence-corrected chi connectivity index (χ0v) is 18.0. The molecule has 0 unspecified atom stereocenters.